The fourth-order valence-electron chi connectivity index (χ4n) is 0.429. The molecule has 82 valence electrons. The van der Waals surface area contributed by atoms with E-state index in [1.165, 1.54) is 0 Å². The number of aliphatic hydroxyl groups excluding tert-OH is 1. The Morgan fingerprint density at radius 2 is 1.46 bits per heavy atom. The molecule has 0 aliphatic rings. The molecule has 13 heavy (non-hydrogen) atoms. The summed E-state index contributed by atoms with van der Waals surface area (Å²) in [5, 5.41) is 8.52. The summed E-state index contributed by atoms with van der Waals surface area (Å²) in [5.41, 5.74) is 0. The van der Waals surface area contributed by atoms with Crippen LogP contribution in [0, 0.1) is 0 Å². The van der Waals surface area contributed by atoms with Crippen LogP contribution in [0.3, 0.4) is 0 Å². The average molecular weight is 205 g/mol. The molecule has 7 heteroatoms. The topological polar surface area (TPSA) is 20.2 Å². The van der Waals surface area contributed by atoms with Crippen LogP contribution in [0.15, 0.2) is 0 Å². The molecule has 0 atom stereocenters. The summed E-state index contributed by atoms with van der Waals surface area (Å²) in [6.07, 6.45) is 0. The summed E-state index contributed by atoms with van der Waals surface area (Å²) in [4.78, 5) is 0. The van der Waals surface area contributed by atoms with Gasteiger partial charge in [-0.1, -0.05) is 0 Å². The highest BCUT2D eigenvalue weighted by Crippen LogP contribution is 2.06. The maximum Gasteiger partial charge on any atom is 0.673 e. The molecule has 0 aromatic heterocycles. The van der Waals surface area contributed by atoms with Gasteiger partial charge in [0.15, 0.2) is 0 Å². The average Bonchev–Trinajstić information content (AvgIpc) is 1.84. The Morgan fingerprint density at radius 1 is 1.15 bits per heavy atom. The highest BCUT2D eigenvalue weighted by molar-refractivity contribution is 6.50. The summed E-state index contributed by atoms with van der Waals surface area (Å²) in [5.74, 6) is 0. The first-order valence-electron chi connectivity index (χ1n) is 3.92. The van der Waals surface area contributed by atoms with Gasteiger partial charge >= 0.3 is 7.25 Å². The molecule has 0 spiro atoms. The van der Waals surface area contributed by atoms with Gasteiger partial charge in [-0.05, 0) is 6.92 Å². The maximum absolute atomic E-state index is 9.75. The lowest BCUT2D eigenvalue weighted by Crippen LogP contribution is -2.41. The second kappa shape index (κ2) is 6.20. The molecule has 0 aromatic rings. The first kappa shape index (κ1) is 15.2. The Kier molecular flexibility index (Phi) is 7.25. The van der Waals surface area contributed by atoms with E-state index in [0.29, 0.717) is 6.61 Å². The van der Waals surface area contributed by atoms with Crippen molar-refractivity contribution < 1.29 is 26.9 Å². The number of rotatable bonds is 3. The molecular formula is C6H16BF4NO. The Morgan fingerprint density at radius 3 is 1.54 bits per heavy atom. The van der Waals surface area contributed by atoms with E-state index >= 15 is 0 Å². The summed E-state index contributed by atoms with van der Waals surface area (Å²) in [6, 6.07) is 0. The first-order valence-corrected chi connectivity index (χ1v) is 3.92. The quantitative estimate of drug-likeness (QED) is 0.419. The van der Waals surface area contributed by atoms with E-state index in [2.05, 4.69) is 21.0 Å². The Hall–Kier alpha value is -0.295. The van der Waals surface area contributed by atoms with Gasteiger partial charge in [-0.25, -0.2) is 0 Å². The first-order chi connectivity index (χ1) is 5.62. The van der Waals surface area contributed by atoms with Crippen molar-refractivity contribution in [1.82, 2.24) is 0 Å². The van der Waals surface area contributed by atoms with E-state index in [9.17, 15) is 17.3 Å². The van der Waals surface area contributed by atoms with Gasteiger partial charge in [-0.3, -0.25) is 0 Å². The second-order valence-corrected chi connectivity index (χ2v) is 3.19. The highest BCUT2D eigenvalue weighted by Gasteiger charge is 2.20. The molecule has 0 rings (SSSR count). The van der Waals surface area contributed by atoms with Crippen molar-refractivity contribution in [2.75, 3.05) is 33.8 Å². The SMILES string of the molecule is CC[N+](C)(C)CCO.F[B-](F)(F)F. The van der Waals surface area contributed by atoms with Crippen LogP contribution < -0.4 is 0 Å². The monoisotopic (exact) mass is 205 g/mol. The van der Waals surface area contributed by atoms with Crippen molar-refractivity contribution in [3.05, 3.63) is 0 Å². The molecule has 1 N–H and O–H groups in total. The number of nitrogens with zero attached hydrogens (tertiary/aromatic N) is 1. The summed E-state index contributed by atoms with van der Waals surface area (Å²) in [6.45, 7) is 4.35. The zero-order chi connectivity index (χ0) is 11.1. The zero-order valence-corrected chi connectivity index (χ0v) is 8.10. The highest BCUT2D eigenvalue weighted by atomic mass is 19.5. The normalized spacial score (nSPS) is 12.0. The van der Waals surface area contributed by atoms with Crippen LogP contribution >= 0.6 is 0 Å². The molecule has 0 saturated heterocycles. The third-order valence-electron chi connectivity index (χ3n) is 1.56. The minimum Gasteiger partial charge on any atom is -0.418 e. The summed E-state index contributed by atoms with van der Waals surface area (Å²) >= 11 is 0. The standard InChI is InChI=1S/C6H16NO.BF4/c1-4-7(2,3)5-6-8;2-1(3,4)5/h8H,4-6H2,1-3H3;/q+1;-1. The minimum absolute atomic E-state index is 0.292. The second-order valence-electron chi connectivity index (χ2n) is 3.19. The molecule has 0 saturated carbocycles. The molecule has 0 aliphatic carbocycles. The number of halogens is 4. The van der Waals surface area contributed by atoms with Gasteiger partial charge in [0.1, 0.15) is 6.54 Å². The zero-order valence-electron chi connectivity index (χ0n) is 8.10. The van der Waals surface area contributed by atoms with Gasteiger partial charge < -0.3 is 26.9 Å². The molecule has 2 nitrogen and oxygen atoms in total. The minimum atomic E-state index is -6.00. The van der Waals surface area contributed by atoms with Crippen LogP contribution in [-0.4, -0.2) is 50.6 Å². The van der Waals surface area contributed by atoms with Crippen molar-refractivity contribution in [2.45, 2.75) is 6.92 Å². The van der Waals surface area contributed by atoms with Crippen LogP contribution in [0.4, 0.5) is 17.3 Å². The molecule has 0 amide bonds. The summed E-state index contributed by atoms with van der Waals surface area (Å²) in [7, 11) is -1.79. The van der Waals surface area contributed by atoms with Gasteiger partial charge in [0, 0.05) is 0 Å². The number of hydrogen-bond donors (Lipinski definition) is 1. The third kappa shape index (κ3) is 24.5. The van der Waals surface area contributed by atoms with E-state index in [4.69, 9.17) is 5.11 Å². The van der Waals surface area contributed by atoms with Crippen molar-refractivity contribution in [1.29, 1.82) is 0 Å². The summed E-state index contributed by atoms with van der Waals surface area (Å²) < 4.78 is 39.9. The van der Waals surface area contributed by atoms with Gasteiger partial charge in [-0.2, -0.15) is 0 Å². The molecule has 0 unspecified atom stereocenters. The predicted molar refractivity (Wildman–Crippen MR) is 44.8 cm³/mol. The van der Waals surface area contributed by atoms with Crippen molar-refractivity contribution in [2.24, 2.45) is 0 Å². The van der Waals surface area contributed by atoms with E-state index < -0.39 is 7.25 Å². The fourth-order valence-corrected chi connectivity index (χ4v) is 0.429. The fraction of sp³-hybridized carbons (Fsp3) is 1.00. The molecular weight excluding hydrogens is 189 g/mol. The number of aliphatic hydroxyl groups is 1. The lowest BCUT2D eigenvalue weighted by Gasteiger charge is -2.26. The van der Waals surface area contributed by atoms with Gasteiger partial charge in [0.2, 0.25) is 0 Å². The Bertz CT molecular complexity index is 122. The lowest BCUT2D eigenvalue weighted by molar-refractivity contribution is -0.888. The van der Waals surface area contributed by atoms with E-state index in [-0.39, 0.29) is 0 Å². The van der Waals surface area contributed by atoms with Crippen LogP contribution in [0.1, 0.15) is 6.92 Å². The Balaban J connectivity index is 0. The van der Waals surface area contributed by atoms with Gasteiger partial charge in [0.25, 0.3) is 0 Å². The molecule has 0 heterocycles. The van der Waals surface area contributed by atoms with Crippen molar-refractivity contribution in [3.63, 3.8) is 0 Å². The van der Waals surface area contributed by atoms with Gasteiger partial charge in [-0.15, -0.1) is 0 Å². The molecule has 0 radical (unpaired) electrons. The van der Waals surface area contributed by atoms with Crippen LogP contribution in [0.2, 0.25) is 0 Å². The largest absolute Gasteiger partial charge is 0.673 e. The van der Waals surface area contributed by atoms with E-state index in [1.54, 1.807) is 0 Å². The Labute approximate surface area is 75.9 Å². The van der Waals surface area contributed by atoms with Crippen LogP contribution in [-0.2, 0) is 0 Å². The van der Waals surface area contributed by atoms with Crippen molar-refractivity contribution >= 4 is 7.25 Å². The molecule has 0 aliphatic heterocycles. The molecule has 0 bridgehead atoms. The van der Waals surface area contributed by atoms with E-state index in [1.807, 2.05) is 0 Å². The number of quaternary nitrogens is 1. The molecule has 0 fully saturated rings. The number of hydrogen-bond acceptors (Lipinski definition) is 1. The van der Waals surface area contributed by atoms with Crippen LogP contribution in [0.5, 0.6) is 0 Å². The predicted octanol–water partition coefficient (Wildman–Crippen LogP) is 1.38. The lowest BCUT2D eigenvalue weighted by atomic mass is 10.3. The molecule has 0 aromatic carbocycles. The number of likely N-dealkylation sites (N-methyl/N-ethyl adjacent to an activating group) is 1. The van der Waals surface area contributed by atoms with Gasteiger partial charge in [0.05, 0.1) is 27.2 Å². The maximum atomic E-state index is 9.75. The van der Waals surface area contributed by atoms with Crippen molar-refractivity contribution in [3.8, 4) is 0 Å². The third-order valence-corrected chi connectivity index (χ3v) is 1.56. The smallest absolute Gasteiger partial charge is 0.418 e. The van der Waals surface area contributed by atoms with Crippen LogP contribution in [0.25, 0.3) is 0 Å². The van der Waals surface area contributed by atoms with E-state index in [0.717, 1.165) is 17.6 Å².